The number of pyridine rings is 1. The Labute approximate surface area is 110 Å². The number of aromatic nitrogens is 1. The van der Waals surface area contributed by atoms with Gasteiger partial charge in [-0.05, 0) is 0 Å². The lowest BCUT2D eigenvalue weighted by molar-refractivity contribution is 0.602. The summed E-state index contributed by atoms with van der Waals surface area (Å²) in [6.45, 7) is 0. The van der Waals surface area contributed by atoms with E-state index in [1.54, 1.807) is 24.3 Å². The minimum Gasteiger partial charge on any atom is -0.396 e. The summed E-state index contributed by atoms with van der Waals surface area (Å²) in [5.41, 5.74) is 6.79. The van der Waals surface area contributed by atoms with E-state index in [1.807, 2.05) is 6.07 Å². The van der Waals surface area contributed by atoms with Crippen LogP contribution >= 0.6 is 11.6 Å². The van der Waals surface area contributed by atoms with Crippen LogP contribution in [-0.4, -0.2) is 19.7 Å². The molecule has 18 heavy (non-hydrogen) atoms. The van der Waals surface area contributed by atoms with Gasteiger partial charge in [-0.3, -0.25) is 4.98 Å². The molecule has 0 saturated carbocycles. The Morgan fingerprint density at radius 1 is 1.22 bits per heavy atom. The molecule has 0 atom stereocenters. The molecule has 0 saturated heterocycles. The lowest BCUT2D eigenvalue weighted by Crippen LogP contribution is -2.07. The Kier molecular flexibility index (Phi) is 3.28. The third-order valence-corrected chi connectivity index (χ3v) is 3.90. The van der Waals surface area contributed by atoms with E-state index in [4.69, 9.17) is 17.3 Å². The van der Waals surface area contributed by atoms with E-state index in [0.29, 0.717) is 11.3 Å². The molecule has 0 aliphatic rings. The number of halogens is 1. The van der Waals surface area contributed by atoms with Crippen LogP contribution in [0.1, 0.15) is 0 Å². The van der Waals surface area contributed by atoms with Gasteiger partial charge in [0.25, 0.3) is 0 Å². The Morgan fingerprint density at radius 2 is 1.83 bits per heavy atom. The zero-order valence-electron chi connectivity index (χ0n) is 9.59. The molecular weight excluding hydrogens is 272 g/mol. The van der Waals surface area contributed by atoms with Crippen LogP contribution in [0.3, 0.4) is 0 Å². The van der Waals surface area contributed by atoms with Gasteiger partial charge in [0.1, 0.15) is 4.90 Å². The smallest absolute Gasteiger partial charge is 0.179 e. The highest BCUT2D eigenvalue weighted by atomic mass is 35.5. The fraction of sp³-hybridized carbons (Fsp3) is 0.0833. The van der Waals surface area contributed by atoms with Gasteiger partial charge in [0.05, 0.1) is 16.4 Å². The summed E-state index contributed by atoms with van der Waals surface area (Å²) in [5.74, 6) is 0. The largest absolute Gasteiger partial charge is 0.396 e. The highest BCUT2D eigenvalue weighted by molar-refractivity contribution is 7.91. The molecule has 0 aliphatic heterocycles. The summed E-state index contributed by atoms with van der Waals surface area (Å²) in [7, 11) is -3.51. The number of nitrogens with zero attached hydrogens (tertiary/aromatic N) is 1. The normalized spacial score (nSPS) is 11.4. The van der Waals surface area contributed by atoms with Crippen molar-refractivity contribution in [3.05, 3.63) is 41.6 Å². The molecule has 0 unspecified atom stereocenters. The molecule has 0 amide bonds. The third-order valence-electron chi connectivity index (χ3n) is 2.44. The molecule has 0 radical (unpaired) electrons. The number of anilines is 1. The molecule has 1 heterocycles. The monoisotopic (exact) mass is 282 g/mol. The third kappa shape index (κ3) is 2.32. The molecule has 1 aromatic carbocycles. The number of hydrogen-bond donors (Lipinski definition) is 1. The fourth-order valence-corrected chi connectivity index (χ4v) is 2.89. The van der Waals surface area contributed by atoms with Crippen molar-refractivity contribution in [1.82, 2.24) is 4.98 Å². The molecule has 2 rings (SSSR count). The Bertz CT molecular complexity index is 685. The van der Waals surface area contributed by atoms with E-state index in [9.17, 15) is 8.42 Å². The van der Waals surface area contributed by atoms with Crippen molar-refractivity contribution in [3.8, 4) is 11.3 Å². The maximum absolute atomic E-state index is 11.8. The second-order valence-electron chi connectivity index (χ2n) is 3.84. The van der Waals surface area contributed by atoms with Crippen molar-refractivity contribution in [2.24, 2.45) is 0 Å². The molecule has 1 aromatic heterocycles. The number of sulfone groups is 1. The summed E-state index contributed by atoms with van der Waals surface area (Å²) >= 11 is 5.83. The van der Waals surface area contributed by atoms with Gasteiger partial charge in [0.2, 0.25) is 0 Å². The quantitative estimate of drug-likeness (QED) is 0.918. The van der Waals surface area contributed by atoms with E-state index in [1.165, 1.54) is 6.20 Å². The summed E-state index contributed by atoms with van der Waals surface area (Å²) in [4.78, 5) is 4.06. The summed E-state index contributed by atoms with van der Waals surface area (Å²) in [6.07, 6.45) is 2.44. The number of benzene rings is 1. The predicted molar refractivity (Wildman–Crippen MR) is 72.2 cm³/mol. The second kappa shape index (κ2) is 4.59. The Balaban J connectivity index is 2.82. The SMILES string of the molecule is CS(=O)(=O)c1c(-c2ccccc2)ncc(Cl)c1N. The van der Waals surface area contributed by atoms with Gasteiger partial charge in [0.15, 0.2) is 9.84 Å². The summed E-state index contributed by atoms with van der Waals surface area (Å²) < 4.78 is 23.6. The average molecular weight is 283 g/mol. The molecule has 0 fully saturated rings. The van der Waals surface area contributed by atoms with Crippen LogP contribution in [0, 0.1) is 0 Å². The highest BCUT2D eigenvalue weighted by Crippen LogP contribution is 2.33. The first-order chi connectivity index (χ1) is 8.41. The van der Waals surface area contributed by atoms with E-state index in [0.717, 1.165) is 6.26 Å². The summed E-state index contributed by atoms with van der Waals surface area (Å²) in [6, 6.07) is 8.97. The Hall–Kier alpha value is -1.59. The van der Waals surface area contributed by atoms with E-state index in [2.05, 4.69) is 4.98 Å². The van der Waals surface area contributed by atoms with Crippen molar-refractivity contribution in [3.63, 3.8) is 0 Å². The van der Waals surface area contributed by atoms with Crippen LogP contribution in [0.4, 0.5) is 5.69 Å². The minimum atomic E-state index is -3.51. The van der Waals surface area contributed by atoms with Gasteiger partial charge in [-0.15, -0.1) is 0 Å². The molecule has 0 aliphatic carbocycles. The van der Waals surface area contributed by atoms with Gasteiger partial charge in [-0.25, -0.2) is 8.42 Å². The predicted octanol–water partition coefficient (Wildman–Crippen LogP) is 2.39. The number of rotatable bonds is 2. The highest BCUT2D eigenvalue weighted by Gasteiger charge is 2.21. The van der Waals surface area contributed by atoms with Gasteiger partial charge < -0.3 is 5.73 Å². The van der Waals surface area contributed by atoms with Gasteiger partial charge in [-0.1, -0.05) is 41.9 Å². The van der Waals surface area contributed by atoms with Crippen molar-refractivity contribution in [2.45, 2.75) is 4.90 Å². The summed E-state index contributed by atoms with van der Waals surface area (Å²) in [5, 5.41) is 0.134. The number of nitrogens with two attached hydrogens (primary N) is 1. The standard InChI is InChI=1S/C12H11ClN2O2S/c1-18(16,17)12-10(14)9(13)7-15-11(12)8-5-3-2-4-6-8/h2-7H,1H3,(H2,14,15). The van der Waals surface area contributed by atoms with Crippen molar-refractivity contribution < 1.29 is 8.42 Å². The van der Waals surface area contributed by atoms with Gasteiger partial charge in [-0.2, -0.15) is 0 Å². The van der Waals surface area contributed by atoms with Crippen molar-refractivity contribution in [1.29, 1.82) is 0 Å². The average Bonchev–Trinajstić information content (AvgIpc) is 2.32. The topological polar surface area (TPSA) is 73.0 Å². The van der Waals surface area contributed by atoms with Crippen LogP contribution in [0.2, 0.25) is 5.02 Å². The Morgan fingerprint density at radius 3 is 2.39 bits per heavy atom. The van der Waals surface area contributed by atoms with E-state index in [-0.39, 0.29) is 15.6 Å². The first kappa shape index (κ1) is 12.9. The van der Waals surface area contributed by atoms with Gasteiger partial charge in [0, 0.05) is 18.0 Å². The zero-order chi connectivity index (χ0) is 13.3. The van der Waals surface area contributed by atoms with Gasteiger partial charge >= 0.3 is 0 Å². The first-order valence-corrected chi connectivity index (χ1v) is 7.37. The van der Waals surface area contributed by atoms with Crippen LogP contribution in [0.5, 0.6) is 0 Å². The maximum atomic E-state index is 11.8. The molecule has 4 nitrogen and oxygen atoms in total. The fourth-order valence-electron chi connectivity index (χ4n) is 1.66. The minimum absolute atomic E-state index is 0.0267. The first-order valence-electron chi connectivity index (χ1n) is 5.10. The number of nitrogen functional groups attached to an aromatic ring is 1. The van der Waals surface area contributed by atoms with Crippen LogP contribution < -0.4 is 5.73 Å². The molecule has 0 spiro atoms. The van der Waals surface area contributed by atoms with Crippen LogP contribution in [0.15, 0.2) is 41.4 Å². The van der Waals surface area contributed by atoms with Crippen molar-refractivity contribution in [2.75, 3.05) is 12.0 Å². The zero-order valence-corrected chi connectivity index (χ0v) is 11.2. The molecule has 2 N–H and O–H groups in total. The maximum Gasteiger partial charge on any atom is 0.179 e. The van der Waals surface area contributed by atoms with Crippen LogP contribution in [-0.2, 0) is 9.84 Å². The van der Waals surface area contributed by atoms with E-state index >= 15 is 0 Å². The molecule has 6 heteroatoms. The van der Waals surface area contributed by atoms with E-state index < -0.39 is 9.84 Å². The molecular formula is C12H11ClN2O2S. The lowest BCUT2D eigenvalue weighted by Gasteiger charge is -2.11. The molecule has 2 aromatic rings. The van der Waals surface area contributed by atoms with Crippen molar-refractivity contribution >= 4 is 27.1 Å². The molecule has 94 valence electrons. The number of hydrogen-bond acceptors (Lipinski definition) is 4. The lowest BCUT2D eigenvalue weighted by atomic mass is 10.1. The second-order valence-corrected chi connectivity index (χ2v) is 6.20. The van der Waals surface area contributed by atoms with Crippen LogP contribution in [0.25, 0.3) is 11.3 Å². The molecule has 0 bridgehead atoms.